The molecule has 0 heterocycles. The maximum Gasteiger partial charge on any atom is 0.410 e. The monoisotopic (exact) mass is 380 g/mol. The van der Waals surface area contributed by atoms with Gasteiger partial charge in [-0.2, -0.15) is 0 Å². The summed E-state index contributed by atoms with van der Waals surface area (Å²) in [5, 5.41) is 1.38. The largest absolute Gasteiger partial charge is 0.410 e. The molecule has 0 saturated heterocycles. The number of rotatable bonds is 2. The molecule has 2 amide bonds. The quantitative estimate of drug-likeness (QED) is 0.825. The molecular weight excluding hydrogens is 364 g/mol. The molecule has 0 aromatic heterocycles. The summed E-state index contributed by atoms with van der Waals surface area (Å²) >= 11 is 3.40. The number of hydrogen-bond acceptors (Lipinski definition) is 4. The Morgan fingerprint density at radius 2 is 1.57 bits per heavy atom. The molecule has 0 aliphatic rings. The van der Waals surface area contributed by atoms with Crippen molar-refractivity contribution in [3.63, 3.8) is 0 Å². The van der Waals surface area contributed by atoms with Gasteiger partial charge in [-0.1, -0.05) is 36.7 Å². The lowest BCUT2D eigenvalue weighted by atomic mass is 9.84. The lowest BCUT2D eigenvalue weighted by Crippen LogP contribution is -2.23. The molecule has 0 radical (unpaired) electrons. The topological polar surface area (TPSA) is 105 Å². The fraction of sp³-hybridized carbons (Fsp3) is 0.250. The normalized spacial score (nSPS) is 11.3. The number of carbonyl (C=O) groups excluding carboxylic acids is 2. The average Bonchev–Trinajstić information content (AvgIpc) is 2.38. The molecule has 122 valence electrons. The van der Waals surface area contributed by atoms with E-state index in [-0.39, 0.29) is 11.5 Å². The zero-order chi connectivity index (χ0) is 17.4. The van der Waals surface area contributed by atoms with Gasteiger partial charge in [-0.3, -0.25) is 0 Å². The minimum atomic E-state index is -1.01. The highest BCUT2D eigenvalue weighted by molar-refractivity contribution is 9.10. The first-order valence-corrected chi connectivity index (χ1v) is 7.60. The first-order valence-electron chi connectivity index (χ1n) is 6.81. The van der Waals surface area contributed by atoms with Crippen LogP contribution in [0.2, 0.25) is 0 Å². The van der Waals surface area contributed by atoms with E-state index in [0.717, 1.165) is 9.86 Å². The lowest BCUT2D eigenvalue weighted by molar-refractivity contribution is 0.200. The Labute approximate surface area is 141 Å². The molecule has 0 aliphatic heterocycles. The Morgan fingerprint density at radius 3 is 2.09 bits per heavy atom. The standard InChI is InChI=1S/C16H17BrN2O4/c1-16(2,3)11-7-8-6-9(17)4-5-10(8)12(22-14(18)20)13(11)23-15(19)21/h4-7H,1-3H3,(H2,18,20)(H2,19,21). The van der Waals surface area contributed by atoms with Crippen LogP contribution in [0.3, 0.4) is 0 Å². The Kier molecular flexibility index (Phi) is 4.51. The summed E-state index contributed by atoms with van der Waals surface area (Å²) in [6, 6.07) is 7.25. The zero-order valence-electron chi connectivity index (χ0n) is 13.0. The van der Waals surface area contributed by atoms with Crippen LogP contribution in [0.1, 0.15) is 26.3 Å². The summed E-state index contributed by atoms with van der Waals surface area (Å²) in [6.45, 7) is 5.82. The number of fused-ring (bicyclic) bond motifs is 1. The van der Waals surface area contributed by atoms with Crippen molar-refractivity contribution in [2.75, 3.05) is 0 Å². The summed E-state index contributed by atoms with van der Waals surface area (Å²) in [5.74, 6) is 0.171. The Morgan fingerprint density at radius 1 is 1.00 bits per heavy atom. The van der Waals surface area contributed by atoms with E-state index >= 15 is 0 Å². The van der Waals surface area contributed by atoms with Crippen molar-refractivity contribution in [1.82, 2.24) is 0 Å². The van der Waals surface area contributed by atoms with Gasteiger partial charge in [0, 0.05) is 15.4 Å². The number of hydrogen-bond donors (Lipinski definition) is 2. The molecule has 23 heavy (non-hydrogen) atoms. The number of nitrogens with two attached hydrogens (primary N) is 2. The van der Waals surface area contributed by atoms with Crippen molar-refractivity contribution in [3.05, 3.63) is 34.3 Å². The van der Waals surface area contributed by atoms with E-state index < -0.39 is 17.6 Å². The predicted octanol–water partition coefficient (Wildman–Crippen LogP) is 3.81. The Balaban J connectivity index is 2.90. The zero-order valence-corrected chi connectivity index (χ0v) is 14.6. The second kappa shape index (κ2) is 6.08. The lowest BCUT2D eigenvalue weighted by Gasteiger charge is -2.24. The number of primary amides is 2. The van der Waals surface area contributed by atoms with Gasteiger partial charge in [-0.05, 0) is 35.1 Å². The molecule has 2 aromatic carbocycles. The fourth-order valence-electron chi connectivity index (χ4n) is 2.29. The number of carbonyl (C=O) groups is 2. The van der Waals surface area contributed by atoms with Gasteiger partial charge in [0.25, 0.3) is 0 Å². The maximum atomic E-state index is 11.3. The van der Waals surface area contributed by atoms with Crippen molar-refractivity contribution in [2.24, 2.45) is 11.5 Å². The molecule has 2 aromatic rings. The predicted molar refractivity (Wildman–Crippen MR) is 90.8 cm³/mol. The molecule has 6 nitrogen and oxygen atoms in total. The van der Waals surface area contributed by atoms with Crippen LogP contribution >= 0.6 is 15.9 Å². The first kappa shape index (κ1) is 17.1. The minimum absolute atomic E-state index is 0.0752. The number of amides is 2. The summed E-state index contributed by atoms with van der Waals surface area (Å²) in [6.07, 6.45) is -2.00. The average molecular weight is 381 g/mol. The molecule has 0 spiro atoms. The molecule has 0 bridgehead atoms. The molecule has 0 saturated carbocycles. The second-order valence-electron chi connectivity index (χ2n) is 6.04. The van der Waals surface area contributed by atoms with Crippen molar-refractivity contribution in [2.45, 2.75) is 26.2 Å². The fourth-order valence-corrected chi connectivity index (χ4v) is 2.67. The van der Waals surface area contributed by atoms with Crippen molar-refractivity contribution >= 4 is 38.9 Å². The van der Waals surface area contributed by atoms with Gasteiger partial charge in [0.15, 0.2) is 11.5 Å². The number of ether oxygens (including phenoxy) is 2. The van der Waals surface area contributed by atoms with Crippen LogP contribution in [0.4, 0.5) is 9.59 Å². The van der Waals surface area contributed by atoms with Crippen molar-refractivity contribution in [1.29, 1.82) is 0 Å². The van der Waals surface area contributed by atoms with Crippen LogP contribution in [0, 0.1) is 0 Å². The Hall–Kier alpha value is -2.28. The summed E-state index contributed by atoms with van der Waals surface area (Å²) in [7, 11) is 0. The van der Waals surface area contributed by atoms with Gasteiger partial charge in [-0.15, -0.1) is 0 Å². The molecule has 2 rings (SSSR count). The van der Waals surface area contributed by atoms with E-state index in [9.17, 15) is 9.59 Å². The van der Waals surface area contributed by atoms with Crippen LogP contribution < -0.4 is 20.9 Å². The highest BCUT2D eigenvalue weighted by atomic mass is 79.9. The smallest absolute Gasteiger partial charge is 0.406 e. The van der Waals surface area contributed by atoms with Gasteiger partial charge in [0.05, 0.1) is 0 Å². The summed E-state index contributed by atoms with van der Waals surface area (Å²) in [5.41, 5.74) is 10.6. The summed E-state index contributed by atoms with van der Waals surface area (Å²) in [4.78, 5) is 22.6. The molecule has 4 N–H and O–H groups in total. The Bertz CT molecular complexity index is 797. The SMILES string of the molecule is CC(C)(C)c1cc2cc(Br)ccc2c(OC(N)=O)c1OC(N)=O. The van der Waals surface area contributed by atoms with Gasteiger partial charge in [0.1, 0.15) is 0 Å². The molecule has 0 unspecified atom stereocenters. The first-order chi connectivity index (χ1) is 10.6. The van der Waals surface area contributed by atoms with E-state index in [2.05, 4.69) is 15.9 Å². The van der Waals surface area contributed by atoms with Crippen LogP contribution in [0.5, 0.6) is 11.5 Å². The third kappa shape index (κ3) is 3.73. The second-order valence-corrected chi connectivity index (χ2v) is 6.96. The third-order valence-electron chi connectivity index (χ3n) is 3.22. The van der Waals surface area contributed by atoms with E-state index in [1.54, 1.807) is 12.1 Å². The van der Waals surface area contributed by atoms with E-state index in [0.29, 0.717) is 10.9 Å². The molecule has 0 atom stereocenters. The van der Waals surface area contributed by atoms with E-state index in [1.165, 1.54) is 0 Å². The molecule has 7 heteroatoms. The summed E-state index contributed by atoms with van der Waals surface area (Å²) < 4.78 is 11.1. The van der Waals surface area contributed by atoms with E-state index in [4.69, 9.17) is 20.9 Å². The number of benzene rings is 2. The maximum absolute atomic E-state index is 11.3. The minimum Gasteiger partial charge on any atom is -0.406 e. The van der Waals surface area contributed by atoms with Crippen LogP contribution in [-0.2, 0) is 5.41 Å². The van der Waals surface area contributed by atoms with Gasteiger partial charge >= 0.3 is 12.2 Å². The highest BCUT2D eigenvalue weighted by Gasteiger charge is 2.27. The van der Waals surface area contributed by atoms with Crippen molar-refractivity contribution in [3.8, 4) is 11.5 Å². The van der Waals surface area contributed by atoms with Crippen LogP contribution in [-0.4, -0.2) is 12.2 Å². The van der Waals surface area contributed by atoms with Crippen LogP contribution in [0.25, 0.3) is 10.8 Å². The third-order valence-corrected chi connectivity index (χ3v) is 3.72. The molecular formula is C16H17BrN2O4. The highest BCUT2D eigenvalue weighted by Crippen LogP contribution is 2.44. The molecule has 0 fully saturated rings. The van der Waals surface area contributed by atoms with Gasteiger partial charge < -0.3 is 20.9 Å². The van der Waals surface area contributed by atoms with Gasteiger partial charge in [-0.25, -0.2) is 9.59 Å². The van der Waals surface area contributed by atoms with Gasteiger partial charge in [0.2, 0.25) is 0 Å². The number of halogens is 1. The molecule has 0 aliphatic carbocycles. The van der Waals surface area contributed by atoms with Crippen LogP contribution in [0.15, 0.2) is 28.7 Å². The van der Waals surface area contributed by atoms with E-state index in [1.807, 2.05) is 32.9 Å². The van der Waals surface area contributed by atoms with Crippen molar-refractivity contribution < 1.29 is 19.1 Å².